The molecule has 1 heterocycles. The van der Waals surface area contributed by atoms with Gasteiger partial charge in [-0.25, -0.2) is 0 Å². The van der Waals surface area contributed by atoms with E-state index in [1.807, 2.05) is 44.2 Å². The summed E-state index contributed by atoms with van der Waals surface area (Å²) < 4.78 is 24.5. The van der Waals surface area contributed by atoms with Gasteiger partial charge in [-0.15, -0.1) is 0 Å². The van der Waals surface area contributed by atoms with Crippen LogP contribution in [0.3, 0.4) is 0 Å². The molecule has 0 amide bonds. The largest absolute Gasteiger partial charge is 0.457 e. The quantitative estimate of drug-likeness (QED) is 0.393. The predicted octanol–water partition coefficient (Wildman–Crippen LogP) is 5.47. The highest BCUT2D eigenvalue weighted by molar-refractivity contribution is 6.74. The first-order chi connectivity index (χ1) is 15.2. The minimum absolute atomic E-state index is 0.0131. The molecule has 0 aromatic heterocycles. The topological polar surface area (TPSA) is 74.2 Å². The van der Waals surface area contributed by atoms with Crippen LogP contribution < -0.4 is 0 Å². The Morgan fingerprint density at radius 2 is 1.79 bits per heavy atom. The fourth-order valence-electron chi connectivity index (χ4n) is 4.17. The van der Waals surface area contributed by atoms with E-state index in [1.165, 1.54) is 7.11 Å². The van der Waals surface area contributed by atoms with Gasteiger partial charge in [-0.05, 0) is 44.0 Å². The predicted molar refractivity (Wildman–Crippen MR) is 132 cm³/mol. The van der Waals surface area contributed by atoms with E-state index in [2.05, 4.69) is 40.8 Å². The normalized spacial score (nSPS) is 30.5. The number of hydrogen-bond acceptors (Lipinski definition) is 6. The molecule has 188 valence electrons. The Kier molecular flexibility index (Phi) is 8.96. The van der Waals surface area contributed by atoms with Gasteiger partial charge in [0.25, 0.3) is 0 Å². The molecule has 2 rings (SSSR count). The first kappa shape index (κ1) is 28.0. The van der Waals surface area contributed by atoms with Crippen LogP contribution in [0.25, 0.3) is 0 Å². The molecule has 1 fully saturated rings. The number of esters is 1. The number of rotatable bonds is 8. The second-order valence-electron chi connectivity index (χ2n) is 10.9. The molecule has 1 aromatic rings. The van der Waals surface area contributed by atoms with Crippen molar-refractivity contribution in [2.75, 3.05) is 7.11 Å². The molecule has 1 aromatic carbocycles. The minimum atomic E-state index is -2.19. The lowest BCUT2D eigenvalue weighted by atomic mass is 9.80. The second-order valence-corrected chi connectivity index (χ2v) is 15.6. The maximum atomic E-state index is 13.2. The maximum absolute atomic E-state index is 13.2. The van der Waals surface area contributed by atoms with Crippen molar-refractivity contribution in [2.45, 2.75) is 103 Å². The molecule has 1 aliphatic rings. The Morgan fingerprint density at radius 1 is 1.21 bits per heavy atom. The molecule has 1 aliphatic heterocycles. The van der Waals surface area contributed by atoms with E-state index < -0.39 is 44.3 Å². The first-order valence-corrected chi connectivity index (χ1v) is 15.0. The van der Waals surface area contributed by atoms with E-state index in [-0.39, 0.29) is 17.1 Å². The molecule has 0 bridgehead atoms. The summed E-state index contributed by atoms with van der Waals surface area (Å²) in [6.07, 6.45) is -1.30. The Labute approximate surface area is 201 Å². The van der Waals surface area contributed by atoms with Gasteiger partial charge in [0.05, 0.1) is 12.2 Å². The number of hydrogen-bond donors (Lipinski definition) is 1. The van der Waals surface area contributed by atoms with Crippen molar-refractivity contribution in [3.8, 4) is 0 Å². The Bertz CT molecular complexity index is 777. The zero-order chi connectivity index (χ0) is 25.2. The number of aliphatic hydroxyl groups is 1. The van der Waals surface area contributed by atoms with Gasteiger partial charge in [0, 0.05) is 13.0 Å². The monoisotopic (exact) mass is 480 g/mol. The molecule has 1 unspecified atom stereocenters. The zero-order valence-electron chi connectivity index (χ0n) is 22.0. The molecule has 6 nitrogen and oxygen atoms in total. The Balaban J connectivity index is 2.34. The third-order valence-corrected chi connectivity index (χ3v) is 12.1. The highest BCUT2D eigenvalue weighted by Gasteiger charge is 2.59. The zero-order valence-corrected chi connectivity index (χ0v) is 23.0. The number of methoxy groups -OCH3 is 1. The van der Waals surface area contributed by atoms with Crippen molar-refractivity contribution < 1.29 is 28.5 Å². The number of benzene rings is 1. The van der Waals surface area contributed by atoms with Gasteiger partial charge in [0.15, 0.2) is 8.32 Å². The SMILES string of the molecule is CC[C@@H]1O[C@](O)(C(C)C(=O)O[C@@H](C)c2ccccc2)[C@H](OC)[C@@H](O[Si](C)(C)C(C)(C)C)[C@@H]1C. The van der Waals surface area contributed by atoms with Crippen LogP contribution in [-0.4, -0.2) is 50.6 Å². The van der Waals surface area contributed by atoms with E-state index >= 15 is 0 Å². The highest BCUT2D eigenvalue weighted by Crippen LogP contribution is 2.45. The number of carbonyl (C=O) groups excluding carboxylic acids is 1. The molecule has 0 spiro atoms. The summed E-state index contributed by atoms with van der Waals surface area (Å²) in [6, 6.07) is 9.53. The first-order valence-electron chi connectivity index (χ1n) is 12.1. The fourth-order valence-corrected chi connectivity index (χ4v) is 5.54. The van der Waals surface area contributed by atoms with Crippen LogP contribution in [0.15, 0.2) is 30.3 Å². The van der Waals surface area contributed by atoms with Gasteiger partial charge >= 0.3 is 5.97 Å². The van der Waals surface area contributed by atoms with Crippen LogP contribution in [0.1, 0.15) is 66.6 Å². The molecular weight excluding hydrogens is 436 g/mol. The van der Waals surface area contributed by atoms with Gasteiger partial charge in [-0.3, -0.25) is 4.79 Å². The van der Waals surface area contributed by atoms with Crippen LogP contribution in [0.5, 0.6) is 0 Å². The van der Waals surface area contributed by atoms with E-state index in [0.717, 1.165) is 5.56 Å². The second kappa shape index (κ2) is 10.6. The summed E-state index contributed by atoms with van der Waals surface area (Å²) in [6.45, 7) is 18.4. The van der Waals surface area contributed by atoms with Gasteiger partial charge in [0.1, 0.15) is 18.1 Å². The Morgan fingerprint density at radius 3 is 2.27 bits per heavy atom. The standard InChI is InChI=1S/C26H44O6Si/c1-11-21-17(2)22(32-33(9,10)25(5,6)7)23(29-8)26(28,31-21)18(3)24(27)30-19(4)20-15-13-12-14-16-20/h12-19,21-23,28H,11H2,1-10H3/t17-,18?,19+,21+,22+,23-,26-/m1/s1. The average Bonchev–Trinajstić information content (AvgIpc) is 2.75. The van der Waals surface area contributed by atoms with Crippen molar-refractivity contribution in [1.29, 1.82) is 0 Å². The van der Waals surface area contributed by atoms with Gasteiger partial charge in [-0.1, -0.05) is 65.0 Å². The van der Waals surface area contributed by atoms with Crippen molar-refractivity contribution in [2.24, 2.45) is 11.8 Å². The van der Waals surface area contributed by atoms with Crippen LogP contribution in [-0.2, 0) is 23.4 Å². The molecule has 0 radical (unpaired) electrons. The van der Waals surface area contributed by atoms with Crippen LogP contribution in [0, 0.1) is 11.8 Å². The van der Waals surface area contributed by atoms with Crippen molar-refractivity contribution in [3.63, 3.8) is 0 Å². The third kappa shape index (κ3) is 5.88. The average molecular weight is 481 g/mol. The maximum Gasteiger partial charge on any atom is 0.314 e. The van der Waals surface area contributed by atoms with E-state index in [9.17, 15) is 9.90 Å². The fraction of sp³-hybridized carbons (Fsp3) is 0.731. The molecule has 33 heavy (non-hydrogen) atoms. The molecule has 0 aliphatic carbocycles. The summed E-state index contributed by atoms with van der Waals surface area (Å²) in [5.74, 6) is -3.39. The Hall–Kier alpha value is -1.25. The molecule has 7 heteroatoms. The van der Waals surface area contributed by atoms with E-state index in [4.69, 9.17) is 18.6 Å². The smallest absolute Gasteiger partial charge is 0.314 e. The summed E-state index contributed by atoms with van der Waals surface area (Å²) in [4.78, 5) is 13.2. The van der Waals surface area contributed by atoms with Crippen molar-refractivity contribution in [3.05, 3.63) is 35.9 Å². The van der Waals surface area contributed by atoms with Crippen LogP contribution in [0.4, 0.5) is 0 Å². The third-order valence-electron chi connectivity index (χ3n) is 7.58. The minimum Gasteiger partial charge on any atom is -0.457 e. The lowest BCUT2D eigenvalue weighted by Crippen LogP contribution is -2.68. The molecular formula is C26H44O6Si. The van der Waals surface area contributed by atoms with Gasteiger partial charge < -0.3 is 23.7 Å². The van der Waals surface area contributed by atoms with Crippen molar-refractivity contribution >= 4 is 14.3 Å². The van der Waals surface area contributed by atoms with E-state index in [0.29, 0.717) is 6.42 Å². The lowest BCUT2D eigenvalue weighted by molar-refractivity contribution is -0.354. The molecule has 1 saturated heterocycles. The summed E-state index contributed by atoms with van der Waals surface area (Å²) in [5.41, 5.74) is 0.886. The lowest BCUT2D eigenvalue weighted by Gasteiger charge is -2.53. The molecule has 7 atom stereocenters. The van der Waals surface area contributed by atoms with Crippen LogP contribution in [0.2, 0.25) is 18.1 Å². The number of carbonyl (C=O) groups is 1. The molecule has 1 N–H and O–H groups in total. The van der Waals surface area contributed by atoms with Gasteiger partial charge in [0.2, 0.25) is 5.79 Å². The van der Waals surface area contributed by atoms with Crippen LogP contribution >= 0.6 is 0 Å². The van der Waals surface area contributed by atoms with Crippen molar-refractivity contribution in [1.82, 2.24) is 0 Å². The molecule has 0 saturated carbocycles. The summed E-state index contributed by atoms with van der Waals surface area (Å²) in [7, 11) is -0.660. The van der Waals surface area contributed by atoms with Gasteiger partial charge in [-0.2, -0.15) is 0 Å². The van der Waals surface area contributed by atoms with E-state index in [1.54, 1.807) is 6.92 Å². The number of ether oxygens (including phenoxy) is 3. The summed E-state index contributed by atoms with van der Waals surface area (Å²) in [5, 5.41) is 11.8. The summed E-state index contributed by atoms with van der Waals surface area (Å²) >= 11 is 0. The highest BCUT2D eigenvalue weighted by atomic mass is 28.4.